The van der Waals surface area contributed by atoms with Crippen LogP contribution in [0.25, 0.3) is 5.57 Å². The lowest BCUT2D eigenvalue weighted by Crippen LogP contribution is -2.26. The van der Waals surface area contributed by atoms with Crippen molar-refractivity contribution in [1.29, 1.82) is 0 Å². The molecule has 0 spiro atoms. The van der Waals surface area contributed by atoms with Crippen LogP contribution in [0, 0.1) is 0 Å². The Kier molecular flexibility index (Phi) is 10.8. The van der Waals surface area contributed by atoms with Gasteiger partial charge in [-0.15, -0.1) is 11.8 Å². The second-order valence-corrected chi connectivity index (χ2v) is 12.7. The van der Waals surface area contributed by atoms with E-state index < -0.39 is 0 Å². The van der Waals surface area contributed by atoms with Gasteiger partial charge in [-0.05, 0) is 85.4 Å². The van der Waals surface area contributed by atoms with Crippen LogP contribution in [0.5, 0.6) is 0 Å². The molecular weight excluding hydrogens is 580 g/mol. The maximum Gasteiger partial charge on any atom is 0.257 e. The molecule has 3 aromatic rings. The molecule has 2 N–H and O–H groups in total. The van der Waals surface area contributed by atoms with Crippen LogP contribution in [-0.4, -0.2) is 57.1 Å². The van der Waals surface area contributed by atoms with Gasteiger partial charge in [-0.2, -0.15) is 0 Å². The highest BCUT2D eigenvalue weighted by Crippen LogP contribution is 2.41. The zero-order valence-electron chi connectivity index (χ0n) is 26.3. The molecule has 3 aliphatic rings. The minimum atomic E-state index is -0.150. The van der Waals surface area contributed by atoms with Crippen molar-refractivity contribution in [3.8, 4) is 0 Å². The number of anilines is 3. The highest BCUT2D eigenvalue weighted by Gasteiger charge is 2.28. The van der Waals surface area contributed by atoms with E-state index in [1.807, 2.05) is 31.3 Å². The van der Waals surface area contributed by atoms with Gasteiger partial charge in [0.2, 0.25) is 0 Å². The quantitative estimate of drug-likeness (QED) is 0.246. The number of rotatable bonds is 9. The van der Waals surface area contributed by atoms with Gasteiger partial charge in [-0.3, -0.25) is 14.4 Å². The average Bonchev–Trinajstić information content (AvgIpc) is 3.91. The third-order valence-electron chi connectivity index (χ3n) is 8.27. The van der Waals surface area contributed by atoms with Gasteiger partial charge < -0.3 is 20.4 Å². The molecule has 2 aliphatic heterocycles. The number of thioether (sulfide) groups is 1. The summed E-state index contributed by atoms with van der Waals surface area (Å²) in [5.74, 6) is 0.858. The average molecular weight is 623 g/mol. The Bertz CT molecular complexity index is 1590. The van der Waals surface area contributed by atoms with Crippen LogP contribution in [-0.2, 0) is 4.79 Å². The van der Waals surface area contributed by atoms with Crippen molar-refractivity contribution < 1.29 is 14.4 Å². The first-order chi connectivity index (χ1) is 21.9. The molecule has 0 saturated heterocycles. The molecule has 0 aromatic heterocycles. The molecule has 1 fully saturated rings. The first-order valence-corrected chi connectivity index (χ1v) is 16.7. The van der Waals surface area contributed by atoms with Gasteiger partial charge in [0, 0.05) is 67.2 Å². The first-order valence-electron chi connectivity index (χ1n) is 15.7. The van der Waals surface area contributed by atoms with Gasteiger partial charge in [-0.25, -0.2) is 0 Å². The van der Waals surface area contributed by atoms with Crippen molar-refractivity contribution in [1.82, 2.24) is 5.32 Å². The maximum atomic E-state index is 12.6. The predicted octanol–water partition coefficient (Wildman–Crippen LogP) is 7.18. The monoisotopic (exact) mass is 622 g/mol. The molecule has 6 rings (SSSR count). The third kappa shape index (κ3) is 8.25. The molecular formula is C37H42N4O3S. The first kappa shape index (κ1) is 32.1. The number of nitrogens with one attached hydrogen (secondary N) is 2. The summed E-state index contributed by atoms with van der Waals surface area (Å²) in [5, 5.41) is 5.98. The minimum absolute atomic E-state index is 0.116. The lowest BCUT2D eigenvalue weighted by molar-refractivity contribution is -0.116. The molecule has 7 nitrogen and oxygen atoms in total. The second-order valence-electron chi connectivity index (χ2n) is 11.7. The van der Waals surface area contributed by atoms with Crippen LogP contribution in [0.15, 0.2) is 89.4 Å². The molecule has 234 valence electrons. The van der Waals surface area contributed by atoms with Crippen molar-refractivity contribution in [2.75, 3.05) is 48.1 Å². The molecule has 1 saturated carbocycles. The van der Waals surface area contributed by atoms with Gasteiger partial charge in [0.15, 0.2) is 0 Å². The van der Waals surface area contributed by atoms with Crippen LogP contribution in [0.3, 0.4) is 0 Å². The van der Waals surface area contributed by atoms with Gasteiger partial charge >= 0.3 is 0 Å². The number of benzene rings is 3. The topological polar surface area (TPSA) is 81.8 Å². The van der Waals surface area contributed by atoms with E-state index in [0.717, 1.165) is 67.8 Å². The molecule has 2 amide bonds. The molecule has 0 unspecified atom stereocenters. The maximum absolute atomic E-state index is 12.6. The van der Waals surface area contributed by atoms with Crippen molar-refractivity contribution in [2.45, 2.75) is 45.1 Å². The normalized spacial score (nSPS) is 15.4. The van der Waals surface area contributed by atoms with E-state index in [-0.39, 0.29) is 11.8 Å². The van der Waals surface area contributed by atoms with E-state index >= 15 is 0 Å². The zero-order chi connectivity index (χ0) is 31.8. The van der Waals surface area contributed by atoms with E-state index in [4.69, 9.17) is 0 Å². The van der Waals surface area contributed by atoms with Crippen LogP contribution in [0.1, 0.15) is 65.3 Å². The Morgan fingerprint density at radius 2 is 1.73 bits per heavy atom. The molecule has 0 bridgehead atoms. The van der Waals surface area contributed by atoms with Gasteiger partial charge in [0.1, 0.15) is 6.29 Å². The molecule has 0 radical (unpaired) electrons. The molecule has 45 heavy (non-hydrogen) atoms. The number of amides is 2. The Hall–Kier alpha value is -4.30. The molecule has 0 atom stereocenters. The Labute approximate surface area is 270 Å². The van der Waals surface area contributed by atoms with Gasteiger partial charge in [-0.1, -0.05) is 43.7 Å². The number of hydrogen-bond donors (Lipinski definition) is 2. The van der Waals surface area contributed by atoms with Crippen LogP contribution in [0.4, 0.5) is 17.1 Å². The summed E-state index contributed by atoms with van der Waals surface area (Å²) in [5.41, 5.74) is 8.17. The molecule has 1 aliphatic carbocycles. The Morgan fingerprint density at radius 1 is 1.00 bits per heavy atom. The van der Waals surface area contributed by atoms with Crippen LogP contribution >= 0.6 is 11.8 Å². The van der Waals surface area contributed by atoms with E-state index in [9.17, 15) is 14.4 Å². The fraction of sp³-hybridized carbons (Fsp3) is 0.324. The number of hydrogen-bond acceptors (Lipinski definition) is 6. The summed E-state index contributed by atoms with van der Waals surface area (Å²) in [6.45, 7) is 4.05. The highest BCUT2D eigenvalue weighted by atomic mass is 32.2. The standard InChI is InChI=1S/C19H22N2O2.C18H20N2OS/c1-3-4-13-21(2)18-8-6-5-7-17(18)19(23)20-16-11-9-15(14-22)10-12-16;1-20-9-8-12-10-17(18(21)19-13-6-7-13)22-11-15(12)14-4-2-3-5-16(14)20/h5-12,14H,3-4,13H2,1-2H3,(H,20,23);2-5,10,13H,6-9,11H2,1H3,(H,19,21). The SMILES string of the molecule is CCCCN(C)c1ccccc1C(=O)Nc1ccc(C=O)cc1.CN1CCC2=C(CSC(C(=O)NC3CC3)=C2)c2ccccc21. The predicted molar refractivity (Wildman–Crippen MR) is 187 cm³/mol. The number of aldehydes is 1. The third-order valence-corrected chi connectivity index (χ3v) is 9.32. The molecule has 3 aromatic carbocycles. The van der Waals surface area contributed by atoms with Crippen molar-refractivity contribution in [3.05, 3.63) is 106 Å². The fourth-order valence-electron chi connectivity index (χ4n) is 5.45. The highest BCUT2D eigenvalue weighted by molar-refractivity contribution is 8.04. The smallest absolute Gasteiger partial charge is 0.257 e. The minimum Gasteiger partial charge on any atom is -0.374 e. The van der Waals surface area contributed by atoms with Crippen LogP contribution < -0.4 is 20.4 Å². The summed E-state index contributed by atoms with van der Waals surface area (Å²) < 4.78 is 0. The molecule has 8 heteroatoms. The van der Waals surface area contributed by atoms with E-state index in [1.54, 1.807) is 36.0 Å². The van der Waals surface area contributed by atoms with E-state index in [1.165, 1.54) is 22.4 Å². The van der Waals surface area contributed by atoms with Crippen LogP contribution in [0.2, 0.25) is 0 Å². The summed E-state index contributed by atoms with van der Waals surface area (Å²) in [4.78, 5) is 40.8. The number of para-hydroxylation sites is 2. The number of carbonyl (C=O) groups excluding carboxylic acids is 3. The largest absolute Gasteiger partial charge is 0.374 e. The van der Waals surface area contributed by atoms with Gasteiger partial charge in [0.05, 0.1) is 10.5 Å². The summed E-state index contributed by atoms with van der Waals surface area (Å²) in [6, 6.07) is 23.4. The van der Waals surface area contributed by atoms with E-state index in [2.05, 4.69) is 64.7 Å². The van der Waals surface area contributed by atoms with Crippen molar-refractivity contribution in [2.24, 2.45) is 0 Å². The summed E-state index contributed by atoms with van der Waals surface area (Å²) in [6.07, 6.45) is 8.37. The summed E-state index contributed by atoms with van der Waals surface area (Å²) in [7, 11) is 4.15. The second kappa shape index (κ2) is 15.1. The Balaban J connectivity index is 0.000000178. The number of fused-ring (bicyclic) bond motifs is 2. The summed E-state index contributed by atoms with van der Waals surface area (Å²) >= 11 is 1.67. The van der Waals surface area contributed by atoms with E-state index in [0.29, 0.717) is 22.9 Å². The fourth-order valence-corrected chi connectivity index (χ4v) is 6.50. The number of nitrogens with zero attached hydrogens (tertiary/aromatic N) is 2. The van der Waals surface area contributed by atoms with Crippen molar-refractivity contribution >= 4 is 52.5 Å². The Morgan fingerprint density at radius 3 is 2.47 bits per heavy atom. The van der Waals surface area contributed by atoms with Gasteiger partial charge in [0.25, 0.3) is 11.8 Å². The number of carbonyl (C=O) groups is 3. The van der Waals surface area contributed by atoms with Crippen molar-refractivity contribution in [3.63, 3.8) is 0 Å². The lowest BCUT2D eigenvalue weighted by Gasteiger charge is -2.22. The number of allylic oxidation sites excluding steroid dienone is 1. The lowest BCUT2D eigenvalue weighted by atomic mass is 9.98. The number of unbranched alkanes of at least 4 members (excludes halogenated alkanes) is 1. The molecule has 2 heterocycles. The zero-order valence-corrected chi connectivity index (χ0v) is 27.2.